The molecule has 106 valence electrons. The van der Waals surface area contributed by atoms with E-state index >= 15 is 0 Å². The Hall–Kier alpha value is -0.790. The summed E-state index contributed by atoms with van der Waals surface area (Å²) < 4.78 is 1.12. The molecule has 1 atom stereocenters. The van der Waals surface area contributed by atoms with Crippen LogP contribution in [0.3, 0.4) is 0 Å². The topological polar surface area (TPSA) is 0 Å². The van der Waals surface area contributed by atoms with Gasteiger partial charge in [-0.25, -0.2) is 0 Å². The highest BCUT2D eigenvalue weighted by atomic mass is 79.9. The fraction of sp³-hybridized carbons (Fsp3) is 0.333. The molecule has 20 heavy (non-hydrogen) atoms. The first kappa shape index (κ1) is 15.6. The van der Waals surface area contributed by atoms with Crippen molar-refractivity contribution in [3.8, 4) is 0 Å². The Balaban J connectivity index is 2.43. The minimum atomic E-state index is 0.0430. The molecular weight excluding hydrogens is 332 g/mol. The highest BCUT2D eigenvalue weighted by Gasteiger charge is 2.28. The Kier molecular flexibility index (Phi) is 5.29. The Labute approximate surface area is 135 Å². The van der Waals surface area contributed by atoms with Crippen LogP contribution in [0.5, 0.6) is 0 Å². The summed E-state index contributed by atoms with van der Waals surface area (Å²) in [5.41, 5.74) is 2.73. The lowest BCUT2D eigenvalue weighted by Crippen LogP contribution is -2.23. The summed E-state index contributed by atoms with van der Waals surface area (Å²) in [6.07, 6.45) is 3.57. The van der Waals surface area contributed by atoms with Crippen LogP contribution in [-0.2, 0) is 5.41 Å². The Bertz CT molecular complexity index is 497. The first-order valence-corrected chi connectivity index (χ1v) is 8.25. The fourth-order valence-corrected chi connectivity index (χ4v) is 3.01. The van der Waals surface area contributed by atoms with Gasteiger partial charge in [0.2, 0.25) is 0 Å². The van der Waals surface area contributed by atoms with Crippen LogP contribution in [0.25, 0.3) is 0 Å². The van der Waals surface area contributed by atoms with Crippen LogP contribution in [0, 0.1) is 0 Å². The van der Waals surface area contributed by atoms with Crippen molar-refractivity contribution in [3.63, 3.8) is 0 Å². The van der Waals surface area contributed by atoms with E-state index in [1.807, 2.05) is 12.1 Å². The first-order valence-electron chi connectivity index (χ1n) is 7.08. The van der Waals surface area contributed by atoms with Crippen molar-refractivity contribution in [2.45, 2.75) is 38.5 Å². The van der Waals surface area contributed by atoms with E-state index in [0.29, 0.717) is 0 Å². The number of benzene rings is 2. The molecular formula is C18H20BrCl. The van der Waals surface area contributed by atoms with Gasteiger partial charge in [0, 0.05) is 14.9 Å². The summed E-state index contributed by atoms with van der Waals surface area (Å²) in [5.74, 6) is 0. The molecule has 1 unspecified atom stereocenters. The molecule has 2 aromatic carbocycles. The van der Waals surface area contributed by atoms with Crippen LogP contribution in [-0.4, -0.2) is 0 Å². The maximum absolute atomic E-state index is 6.03. The van der Waals surface area contributed by atoms with Gasteiger partial charge in [-0.2, -0.15) is 0 Å². The fourth-order valence-electron chi connectivity index (χ4n) is 2.62. The summed E-state index contributed by atoms with van der Waals surface area (Å²) in [7, 11) is 0. The van der Waals surface area contributed by atoms with E-state index in [1.54, 1.807) is 0 Å². The highest BCUT2D eigenvalue weighted by molar-refractivity contribution is 9.10. The van der Waals surface area contributed by atoms with Crippen molar-refractivity contribution in [2.24, 2.45) is 0 Å². The lowest BCUT2D eigenvalue weighted by molar-refractivity contribution is 0.493. The minimum absolute atomic E-state index is 0.0430. The molecule has 0 N–H and O–H groups in total. The van der Waals surface area contributed by atoms with Crippen LogP contribution in [0.15, 0.2) is 53.0 Å². The molecule has 0 nitrogen and oxygen atoms in total. The van der Waals surface area contributed by atoms with Gasteiger partial charge in [-0.15, -0.1) is 0 Å². The largest absolute Gasteiger partial charge is 0.0843 e. The van der Waals surface area contributed by atoms with E-state index in [2.05, 4.69) is 66.2 Å². The van der Waals surface area contributed by atoms with Crippen LogP contribution >= 0.6 is 27.5 Å². The van der Waals surface area contributed by atoms with Gasteiger partial charge in [-0.3, -0.25) is 0 Å². The molecule has 0 aliphatic carbocycles. The smallest absolute Gasteiger partial charge is 0.0406 e. The summed E-state index contributed by atoms with van der Waals surface area (Å²) in [6.45, 7) is 4.57. The van der Waals surface area contributed by atoms with Crippen molar-refractivity contribution in [1.29, 1.82) is 0 Å². The average molecular weight is 352 g/mol. The second kappa shape index (κ2) is 6.78. The normalized spacial score (nSPS) is 14.0. The zero-order valence-electron chi connectivity index (χ0n) is 12.0. The van der Waals surface area contributed by atoms with Gasteiger partial charge in [-0.1, -0.05) is 78.5 Å². The predicted octanol–water partition coefficient (Wildman–Crippen LogP) is 6.60. The van der Waals surface area contributed by atoms with Gasteiger partial charge in [-0.05, 0) is 41.8 Å². The molecule has 0 spiro atoms. The van der Waals surface area contributed by atoms with Crippen LogP contribution < -0.4 is 0 Å². The highest BCUT2D eigenvalue weighted by Crippen LogP contribution is 2.37. The third-order valence-electron chi connectivity index (χ3n) is 3.99. The molecule has 2 heteroatoms. The molecule has 0 fully saturated rings. The monoisotopic (exact) mass is 350 g/mol. The van der Waals surface area contributed by atoms with Crippen LogP contribution in [0.2, 0.25) is 5.02 Å². The van der Waals surface area contributed by atoms with Gasteiger partial charge in [0.05, 0.1) is 0 Å². The van der Waals surface area contributed by atoms with E-state index in [1.165, 1.54) is 24.0 Å². The minimum Gasteiger partial charge on any atom is -0.0843 e. The maximum Gasteiger partial charge on any atom is 0.0406 e. The van der Waals surface area contributed by atoms with Crippen molar-refractivity contribution >= 4 is 27.5 Å². The lowest BCUT2D eigenvalue weighted by atomic mass is 9.73. The van der Waals surface area contributed by atoms with Gasteiger partial charge < -0.3 is 0 Å². The van der Waals surface area contributed by atoms with E-state index in [9.17, 15) is 0 Å². The predicted molar refractivity (Wildman–Crippen MR) is 91.6 cm³/mol. The number of halogens is 2. The second-order valence-electron chi connectivity index (χ2n) is 5.45. The maximum atomic E-state index is 6.03. The molecule has 0 bridgehead atoms. The van der Waals surface area contributed by atoms with E-state index < -0.39 is 0 Å². The van der Waals surface area contributed by atoms with Crippen LogP contribution in [0.4, 0.5) is 0 Å². The van der Waals surface area contributed by atoms with Crippen molar-refractivity contribution < 1.29 is 0 Å². The third-order valence-corrected chi connectivity index (χ3v) is 4.77. The summed E-state index contributed by atoms with van der Waals surface area (Å²) in [4.78, 5) is 0. The third kappa shape index (κ3) is 3.45. The number of hydrogen-bond donors (Lipinski definition) is 0. The van der Waals surface area contributed by atoms with E-state index in [-0.39, 0.29) is 5.41 Å². The average Bonchev–Trinajstić information content (AvgIpc) is 2.46. The molecule has 0 aromatic heterocycles. The number of hydrogen-bond acceptors (Lipinski definition) is 0. The Morgan fingerprint density at radius 3 is 1.95 bits per heavy atom. The molecule has 0 saturated carbocycles. The Morgan fingerprint density at radius 2 is 1.45 bits per heavy atom. The molecule has 2 aromatic rings. The van der Waals surface area contributed by atoms with Crippen LogP contribution in [0.1, 0.15) is 44.2 Å². The van der Waals surface area contributed by atoms with Gasteiger partial charge in [0.15, 0.2) is 0 Å². The molecule has 0 saturated heterocycles. The molecule has 0 heterocycles. The van der Waals surface area contributed by atoms with Gasteiger partial charge in [0.1, 0.15) is 0 Å². The van der Waals surface area contributed by atoms with Crippen molar-refractivity contribution in [2.75, 3.05) is 0 Å². The molecule has 0 aliphatic rings. The molecule has 2 rings (SSSR count). The SMILES string of the molecule is CCCCC(C)(c1ccc(Cl)cc1)c1ccc(Br)cc1. The Morgan fingerprint density at radius 1 is 0.950 bits per heavy atom. The van der Waals surface area contributed by atoms with Gasteiger partial charge in [0.25, 0.3) is 0 Å². The summed E-state index contributed by atoms with van der Waals surface area (Å²) in [5, 5.41) is 0.794. The van der Waals surface area contributed by atoms with E-state index in [0.717, 1.165) is 15.9 Å². The molecule has 0 aliphatic heterocycles. The second-order valence-corrected chi connectivity index (χ2v) is 6.80. The zero-order chi connectivity index (χ0) is 14.6. The van der Waals surface area contributed by atoms with Crippen molar-refractivity contribution in [3.05, 3.63) is 69.2 Å². The summed E-state index contributed by atoms with van der Waals surface area (Å²) in [6, 6.07) is 17.0. The molecule has 0 amide bonds. The van der Waals surface area contributed by atoms with E-state index in [4.69, 9.17) is 11.6 Å². The first-order chi connectivity index (χ1) is 9.56. The quantitative estimate of drug-likeness (QED) is 0.569. The van der Waals surface area contributed by atoms with Crippen molar-refractivity contribution in [1.82, 2.24) is 0 Å². The number of unbranched alkanes of at least 4 members (excludes halogenated alkanes) is 1. The van der Waals surface area contributed by atoms with Gasteiger partial charge >= 0.3 is 0 Å². The molecule has 0 radical (unpaired) electrons. The zero-order valence-corrected chi connectivity index (χ0v) is 14.3. The lowest BCUT2D eigenvalue weighted by Gasteiger charge is -2.31. The number of rotatable bonds is 5. The summed E-state index contributed by atoms with van der Waals surface area (Å²) >= 11 is 9.54. The standard InChI is InChI=1S/C18H20BrCl/c1-3-4-13-18(2,14-5-9-16(19)10-6-14)15-7-11-17(20)12-8-15/h5-12H,3-4,13H2,1-2H3.